The standard InChI is InChI=1S/C11H10BrN5O5/c1-11-4(20-10(19)22-11)7(18)21-8(11)17-6-3(16-9(17)12)5(13)14-2-15-6/h2,4,7-8,18H,1H3,(H2,13,14,15)/t4-,7?,8-,11-/m1/s1. The third kappa shape index (κ3) is 1.61. The molecule has 2 aliphatic rings. The smallest absolute Gasteiger partial charge is 0.421 e. The van der Waals surface area contributed by atoms with Crippen LogP contribution in [0.5, 0.6) is 0 Å². The van der Waals surface area contributed by atoms with Gasteiger partial charge in [-0.15, -0.1) is 0 Å². The van der Waals surface area contributed by atoms with Gasteiger partial charge in [-0.25, -0.2) is 19.7 Å². The molecule has 0 amide bonds. The first-order valence-electron chi connectivity index (χ1n) is 6.29. The zero-order valence-electron chi connectivity index (χ0n) is 11.1. The van der Waals surface area contributed by atoms with Crippen molar-refractivity contribution in [2.75, 3.05) is 5.73 Å². The summed E-state index contributed by atoms with van der Waals surface area (Å²) in [5.74, 6) is 0.198. The Bertz CT molecular complexity index is 797. The number of nitrogens with zero attached hydrogens (tertiary/aromatic N) is 4. The summed E-state index contributed by atoms with van der Waals surface area (Å²) >= 11 is 3.30. The number of aliphatic hydroxyl groups is 1. The van der Waals surface area contributed by atoms with Gasteiger partial charge < -0.3 is 25.1 Å². The maximum absolute atomic E-state index is 11.4. The number of halogens is 1. The lowest BCUT2D eigenvalue weighted by molar-refractivity contribution is -0.154. The quantitative estimate of drug-likeness (QED) is 0.536. The van der Waals surface area contributed by atoms with Crippen LogP contribution in [0.2, 0.25) is 0 Å². The van der Waals surface area contributed by atoms with Crippen LogP contribution in [0.3, 0.4) is 0 Å². The molecule has 116 valence electrons. The van der Waals surface area contributed by atoms with Gasteiger partial charge in [0, 0.05) is 0 Å². The topological polar surface area (TPSA) is 135 Å². The number of hydrogen-bond acceptors (Lipinski definition) is 9. The molecule has 2 aliphatic heterocycles. The van der Waals surface area contributed by atoms with Crippen LogP contribution in [0.25, 0.3) is 11.2 Å². The first-order chi connectivity index (χ1) is 10.4. The van der Waals surface area contributed by atoms with Gasteiger partial charge >= 0.3 is 6.16 Å². The highest BCUT2D eigenvalue weighted by Gasteiger charge is 2.64. The zero-order valence-corrected chi connectivity index (χ0v) is 12.7. The number of nitrogens with two attached hydrogens (primary N) is 1. The summed E-state index contributed by atoms with van der Waals surface area (Å²) in [5, 5.41) is 9.98. The predicted molar refractivity (Wildman–Crippen MR) is 73.3 cm³/mol. The van der Waals surface area contributed by atoms with Gasteiger partial charge in [-0.3, -0.25) is 4.57 Å². The number of ether oxygens (including phenoxy) is 3. The van der Waals surface area contributed by atoms with E-state index in [1.54, 1.807) is 6.92 Å². The molecule has 0 aliphatic carbocycles. The first-order valence-corrected chi connectivity index (χ1v) is 7.08. The Morgan fingerprint density at radius 3 is 3.05 bits per heavy atom. The summed E-state index contributed by atoms with van der Waals surface area (Å²) in [6, 6.07) is 0. The van der Waals surface area contributed by atoms with E-state index in [4.69, 9.17) is 19.9 Å². The number of rotatable bonds is 1. The number of anilines is 1. The molecule has 2 aromatic heterocycles. The van der Waals surface area contributed by atoms with Gasteiger partial charge in [0.2, 0.25) is 0 Å². The minimum Gasteiger partial charge on any atom is -0.421 e. The number of aliphatic hydroxyl groups excluding tert-OH is 1. The molecule has 0 spiro atoms. The van der Waals surface area contributed by atoms with E-state index >= 15 is 0 Å². The van der Waals surface area contributed by atoms with Crippen LogP contribution in [0.4, 0.5) is 10.6 Å². The van der Waals surface area contributed by atoms with Gasteiger partial charge in [-0.05, 0) is 22.9 Å². The van der Waals surface area contributed by atoms with Gasteiger partial charge in [0.15, 0.2) is 45.9 Å². The molecular formula is C11H10BrN5O5. The molecule has 22 heavy (non-hydrogen) atoms. The van der Waals surface area contributed by atoms with Crippen molar-refractivity contribution in [3.05, 3.63) is 11.1 Å². The van der Waals surface area contributed by atoms with Crippen LogP contribution in [0.15, 0.2) is 11.1 Å². The molecule has 2 saturated heterocycles. The normalized spacial score (nSPS) is 33.8. The number of imidazole rings is 1. The van der Waals surface area contributed by atoms with Gasteiger partial charge in [-0.1, -0.05) is 0 Å². The van der Waals surface area contributed by atoms with Crippen molar-refractivity contribution in [1.29, 1.82) is 0 Å². The fourth-order valence-electron chi connectivity index (χ4n) is 2.78. The van der Waals surface area contributed by atoms with E-state index in [0.717, 1.165) is 0 Å². The Balaban J connectivity index is 1.91. The zero-order chi connectivity index (χ0) is 15.6. The molecule has 11 heteroatoms. The van der Waals surface area contributed by atoms with Gasteiger partial charge in [0.05, 0.1) is 0 Å². The molecule has 4 heterocycles. The number of carbonyl (C=O) groups is 1. The van der Waals surface area contributed by atoms with Crippen molar-refractivity contribution in [1.82, 2.24) is 19.5 Å². The van der Waals surface area contributed by atoms with Crippen molar-refractivity contribution in [3.63, 3.8) is 0 Å². The molecular weight excluding hydrogens is 362 g/mol. The lowest BCUT2D eigenvalue weighted by Gasteiger charge is -2.26. The van der Waals surface area contributed by atoms with Crippen molar-refractivity contribution in [2.45, 2.75) is 31.1 Å². The van der Waals surface area contributed by atoms with Crippen LogP contribution < -0.4 is 5.73 Å². The number of fused-ring (bicyclic) bond motifs is 2. The highest BCUT2D eigenvalue weighted by Crippen LogP contribution is 2.47. The van der Waals surface area contributed by atoms with Crippen molar-refractivity contribution in [2.24, 2.45) is 0 Å². The Morgan fingerprint density at radius 1 is 1.50 bits per heavy atom. The lowest BCUT2D eigenvalue weighted by atomic mass is 9.99. The number of carbonyl (C=O) groups excluding carboxylic acids is 1. The Morgan fingerprint density at radius 2 is 2.27 bits per heavy atom. The molecule has 0 radical (unpaired) electrons. The molecule has 0 saturated carbocycles. The number of nitrogen functional groups attached to an aromatic ring is 1. The Kier molecular flexibility index (Phi) is 2.65. The fraction of sp³-hybridized carbons (Fsp3) is 0.455. The highest BCUT2D eigenvalue weighted by molar-refractivity contribution is 9.10. The fourth-order valence-corrected chi connectivity index (χ4v) is 3.31. The maximum Gasteiger partial charge on any atom is 0.509 e. The summed E-state index contributed by atoms with van der Waals surface area (Å²) < 4.78 is 17.6. The molecule has 2 fully saturated rings. The molecule has 0 bridgehead atoms. The summed E-state index contributed by atoms with van der Waals surface area (Å²) in [5.41, 5.74) is 5.29. The Hall–Kier alpha value is -1.98. The van der Waals surface area contributed by atoms with Crippen LogP contribution in [0, 0.1) is 0 Å². The second-order valence-corrected chi connectivity index (χ2v) is 5.84. The monoisotopic (exact) mass is 371 g/mol. The largest absolute Gasteiger partial charge is 0.509 e. The van der Waals surface area contributed by atoms with Crippen LogP contribution in [0.1, 0.15) is 13.2 Å². The van der Waals surface area contributed by atoms with E-state index in [9.17, 15) is 9.90 Å². The van der Waals surface area contributed by atoms with Crippen molar-refractivity contribution >= 4 is 39.1 Å². The molecule has 3 N–H and O–H groups in total. The Labute approximate surface area is 131 Å². The molecule has 1 unspecified atom stereocenters. The van der Waals surface area contributed by atoms with E-state index in [0.29, 0.717) is 15.9 Å². The minimum atomic E-state index is -1.33. The average molecular weight is 372 g/mol. The van der Waals surface area contributed by atoms with Crippen molar-refractivity contribution in [3.8, 4) is 0 Å². The summed E-state index contributed by atoms with van der Waals surface area (Å²) in [7, 11) is 0. The number of hydrogen-bond donors (Lipinski definition) is 2. The highest BCUT2D eigenvalue weighted by atomic mass is 79.9. The van der Waals surface area contributed by atoms with E-state index in [1.165, 1.54) is 10.9 Å². The third-order valence-electron chi connectivity index (χ3n) is 3.81. The van der Waals surface area contributed by atoms with Crippen LogP contribution >= 0.6 is 15.9 Å². The second kappa shape index (κ2) is 4.27. The predicted octanol–water partition coefficient (Wildman–Crippen LogP) is 0.312. The maximum atomic E-state index is 11.4. The van der Waals surface area contributed by atoms with Gasteiger partial charge in [0.25, 0.3) is 0 Å². The molecule has 10 nitrogen and oxygen atoms in total. The average Bonchev–Trinajstić information content (AvgIpc) is 3.01. The van der Waals surface area contributed by atoms with E-state index in [1.807, 2.05) is 0 Å². The second-order valence-electron chi connectivity index (χ2n) is 5.14. The van der Waals surface area contributed by atoms with E-state index < -0.39 is 30.4 Å². The lowest BCUT2D eigenvalue weighted by Crippen LogP contribution is -2.41. The molecule has 2 aromatic rings. The van der Waals surface area contributed by atoms with Crippen molar-refractivity contribution < 1.29 is 24.1 Å². The van der Waals surface area contributed by atoms with Crippen LogP contribution in [-0.4, -0.2) is 48.8 Å². The van der Waals surface area contributed by atoms with Gasteiger partial charge in [-0.2, -0.15) is 0 Å². The first kappa shape index (κ1) is 13.7. The third-order valence-corrected chi connectivity index (χ3v) is 4.37. The molecule has 4 rings (SSSR count). The summed E-state index contributed by atoms with van der Waals surface area (Å²) in [4.78, 5) is 23.7. The minimum absolute atomic E-state index is 0.198. The SMILES string of the molecule is C[C@@]12OC(=O)O[C@@H]1C(O)O[C@H]2n1c(Br)nc2c(N)ncnc21. The molecule has 4 atom stereocenters. The molecule has 0 aromatic carbocycles. The summed E-state index contributed by atoms with van der Waals surface area (Å²) in [6.45, 7) is 1.60. The van der Waals surface area contributed by atoms with E-state index in [2.05, 4.69) is 30.9 Å². The van der Waals surface area contributed by atoms with E-state index in [-0.39, 0.29) is 5.82 Å². The summed E-state index contributed by atoms with van der Waals surface area (Å²) in [6.07, 6.45) is -2.76. The number of aromatic nitrogens is 4. The van der Waals surface area contributed by atoms with Crippen LogP contribution in [-0.2, 0) is 14.2 Å². The van der Waals surface area contributed by atoms with Gasteiger partial charge in [0.1, 0.15) is 6.33 Å².